The van der Waals surface area contributed by atoms with Crippen LogP contribution in [-0.2, 0) is 24.2 Å². The Kier molecular flexibility index (Phi) is 8.36. The smallest absolute Gasteiger partial charge is 0.306 e. The molecule has 0 saturated carbocycles. The standard InChI is InChI=1S/C26H37N3O6S2Si/c1-26(2,3)38(5,6)33-16-24(30)29-13-11-18(12-14-29)25-27-21(17-36-25)20-15-23(34-28-20)19-9-7-8-10-22(19)35-37(4,31)32/h7-10,17-18,23H,11-16H2,1-6H3. The van der Waals surface area contributed by atoms with Crippen molar-refractivity contribution in [2.24, 2.45) is 5.16 Å². The number of carbonyl (C=O) groups is 1. The zero-order chi connectivity index (χ0) is 27.7. The molecule has 1 atom stereocenters. The van der Waals surface area contributed by atoms with Crippen molar-refractivity contribution in [3.8, 4) is 5.75 Å². The molecule has 1 aromatic heterocycles. The monoisotopic (exact) mass is 579 g/mol. The van der Waals surface area contributed by atoms with Crippen LogP contribution < -0.4 is 4.18 Å². The second-order valence-electron chi connectivity index (χ2n) is 11.4. The van der Waals surface area contributed by atoms with Gasteiger partial charge in [0.15, 0.2) is 14.4 Å². The van der Waals surface area contributed by atoms with Gasteiger partial charge in [0.2, 0.25) is 5.91 Å². The summed E-state index contributed by atoms with van der Waals surface area (Å²) in [6.45, 7) is 12.4. The van der Waals surface area contributed by atoms with Crippen LogP contribution in [0, 0.1) is 0 Å². The number of oxime groups is 1. The van der Waals surface area contributed by atoms with Crippen LogP contribution in [-0.4, -0.2) is 64.2 Å². The maximum atomic E-state index is 12.8. The number of hydrogen-bond acceptors (Lipinski definition) is 9. The van der Waals surface area contributed by atoms with Gasteiger partial charge in [-0.15, -0.1) is 11.3 Å². The molecule has 208 valence electrons. The number of benzene rings is 1. The van der Waals surface area contributed by atoms with Gasteiger partial charge in [-0.3, -0.25) is 4.79 Å². The second kappa shape index (κ2) is 11.1. The van der Waals surface area contributed by atoms with E-state index in [1.807, 2.05) is 16.3 Å². The Bertz CT molecular complexity index is 1290. The van der Waals surface area contributed by atoms with E-state index in [2.05, 4.69) is 39.0 Å². The fourth-order valence-electron chi connectivity index (χ4n) is 4.21. The van der Waals surface area contributed by atoms with Gasteiger partial charge in [-0.25, -0.2) is 4.98 Å². The third kappa shape index (κ3) is 6.83. The summed E-state index contributed by atoms with van der Waals surface area (Å²) < 4.78 is 34.6. The van der Waals surface area contributed by atoms with Crippen LogP contribution >= 0.6 is 11.3 Å². The lowest BCUT2D eigenvalue weighted by Crippen LogP contribution is -2.46. The van der Waals surface area contributed by atoms with Crippen LogP contribution in [0.2, 0.25) is 18.1 Å². The molecule has 0 bridgehead atoms. The Hall–Kier alpha value is -2.28. The zero-order valence-corrected chi connectivity index (χ0v) is 25.5. The van der Waals surface area contributed by atoms with E-state index in [0.29, 0.717) is 31.0 Å². The van der Waals surface area contributed by atoms with Crippen molar-refractivity contribution in [2.45, 2.75) is 70.2 Å². The number of thiazole rings is 1. The molecule has 2 aliphatic rings. The van der Waals surface area contributed by atoms with Crippen LogP contribution in [0.15, 0.2) is 34.8 Å². The minimum absolute atomic E-state index is 0.0664. The number of aromatic nitrogens is 1. The van der Waals surface area contributed by atoms with Crippen molar-refractivity contribution in [1.29, 1.82) is 0 Å². The summed E-state index contributed by atoms with van der Waals surface area (Å²) in [5.41, 5.74) is 2.12. The Morgan fingerprint density at radius 1 is 1.21 bits per heavy atom. The van der Waals surface area contributed by atoms with E-state index >= 15 is 0 Å². The van der Waals surface area contributed by atoms with E-state index in [4.69, 9.17) is 18.4 Å². The van der Waals surface area contributed by atoms with Crippen molar-refractivity contribution < 1.29 is 26.7 Å². The SMILES string of the molecule is CC(C)(C)[Si](C)(C)OCC(=O)N1CCC(c2nc(C3=NOC(c4ccccc4OS(C)(=O)=O)C3)cs2)CC1. The highest BCUT2D eigenvalue weighted by molar-refractivity contribution is 7.86. The first-order valence-electron chi connectivity index (χ1n) is 12.8. The predicted octanol–water partition coefficient (Wildman–Crippen LogP) is 5.08. The third-order valence-corrected chi connectivity index (χ3v) is 13.5. The minimum atomic E-state index is -3.66. The summed E-state index contributed by atoms with van der Waals surface area (Å²) in [7, 11) is -5.62. The number of piperidine rings is 1. The maximum absolute atomic E-state index is 12.8. The molecule has 1 unspecified atom stereocenters. The summed E-state index contributed by atoms with van der Waals surface area (Å²) >= 11 is 1.60. The summed E-state index contributed by atoms with van der Waals surface area (Å²) in [5, 5.41) is 7.35. The summed E-state index contributed by atoms with van der Waals surface area (Å²) in [6.07, 6.45) is 2.76. The fraction of sp³-hybridized carbons (Fsp3) is 0.577. The maximum Gasteiger partial charge on any atom is 0.306 e. The first-order valence-corrected chi connectivity index (χ1v) is 18.4. The third-order valence-electron chi connectivity index (χ3n) is 7.55. The van der Waals surface area contributed by atoms with Gasteiger partial charge in [0.1, 0.15) is 18.1 Å². The quantitative estimate of drug-likeness (QED) is 0.317. The molecular weight excluding hydrogens is 543 g/mol. The molecule has 0 N–H and O–H groups in total. The largest absolute Gasteiger partial charge is 0.408 e. The van der Waals surface area contributed by atoms with Gasteiger partial charge in [-0.2, -0.15) is 8.42 Å². The highest BCUT2D eigenvalue weighted by Crippen LogP contribution is 2.38. The lowest BCUT2D eigenvalue weighted by atomic mass is 9.97. The summed E-state index contributed by atoms with van der Waals surface area (Å²) in [4.78, 5) is 25.2. The molecule has 12 heteroatoms. The van der Waals surface area contributed by atoms with E-state index in [1.165, 1.54) is 0 Å². The van der Waals surface area contributed by atoms with Crippen LogP contribution in [0.25, 0.3) is 0 Å². The van der Waals surface area contributed by atoms with Crippen molar-refractivity contribution in [3.63, 3.8) is 0 Å². The molecule has 1 aromatic carbocycles. The molecule has 2 aliphatic heterocycles. The summed E-state index contributed by atoms with van der Waals surface area (Å²) in [5.74, 6) is 0.602. The molecule has 1 saturated heterocycles. The van der Waals surface area contributed by atoms with Gasteiger partial charge in [-0.05, 0) is 37.0 Å². The van der Waals surface area contributed by atoms with Crippen molar-refractivity contribution in [2.75, 3.05) is 26.0 Å². The lowest BCUT2D eigenvalue weighted by Gasteiger charge is -2.37. The molecule has 0 spiro atoms. The van der Waals surface area contributed by atoms with Crippen LogP contribution in [0.1, 0.15) is 68.3 Å². The van der Waals surface area contributed by atoms with E-state index in [1.54, 1.807) is 29.5 Å². The molecule has 2 aromatic rings. The van der Waals surface area contributed by atoms with Gasteiger partial charge in [0.05, 0.1) is 17.0 Å². The average molecular weight is 580 g/mol. The average Bonchev–Trinajstić information content (AvgIpc) is 3.51. The highest BCUT2D eigenvalue weighted by atomic mass is 32.2. The van der Waals surface area contributed by atoms with Gasteiger partial charge in [0, 0.05) is 36.4 Å². The zero-order valence-electron chi connectivity index (χ0n) is 22.9. The summed E-state index contributed by atoms with van der Waals surface area (Å²) in [6, 6.07) is 6.91. The molecule has 1 fully saturated rings. The number of nitrogens with zero attached hydrogens (tertiary/aromatic N) is 3. The van der Waals surface area contributed by atoms with Crippen molar-refractivity contribution in [3.05, 3.63) is 45.9 Å². The van der Waals surface area contributed by atoms with Gasteiger partial charge in [0.25, 0.3) is 0 Å². The first kappa shape index (κ1) is 28.7. The van der Waals surface area contributed by atoms with Crippen molar-refractivity contribution >= 4 is 41.4 Å². The number of hydrogen-bond donors (Lipinski definition) is 0. The lowest BCUT2D eigenvalue weighted by molar-refractivity contribution is -0.134. The molecule has 4 rings (SSSR count). The Morgan fingerprint density at radius 3 is 2.55 bits per heavy atom. The molecule has 0 radical (unpaired) electrons. The Labute approximate surface area is 230 Å². The van der Waals surface area contributed by atoms with Gasteiger partial charge in [-0.1, -0.05) is 44.1 Å². The van der Waals surface area contributed by atoms with Crippen LogP contribution in [0.3, 0.4) is 0 Å². The normalized spacial score (nSPS) is 19.3. The molecule has 38 heavy (non-hydrogen) atoms. The number of para-hydroxylation sites is 1. The highest BCUT2D eigenvalue weighted by Gasteiger charge is 2.38. The van der Waals surface area contributed by atoms with Crippen LogP contribution in [0.5, 0.6) is 5.75 Å². The second-order valence-corrected chi connectivity index (χ2v) is 18.7. The molecule has 3 heterocycles. The number of carbonyl (C=O) groups excluding carboxylic acids is 1. The minimum Gasteiger partial charge on any atom is -0.408 e. The first-order chi connectivity index (χ1) is 17.7. The topological polar surface area (TPSA) is 107 Å². The predicted molar refractivity (Wildman–Crippen MR) is 151 cm³/mol. The fourth-order valence-corrected chi connectivity index (χ4v) is 6.61. The molecule has 9 nitrogen and oxygen atoms in total. The van der Waals surface area contributed by atoms with Crippen molar-refractivity contribution in [1.82, 2.24) is 9.88 Å². The molecule has 0 aliphatic carbocycles. The molecular formula is C26H37N3O6S2Si. The van der Waals surface area contributed by atoms with Gasteiger partial charge < -0.3 is 18.3 Å². The van der Waals surface area contributed by atoms with E-state index < -0.39 is 24.5 Å². The molecule has 1 amide bonds. The number of likely N-dealkylation sites (tertiary alicyclic amines) is 1. The van der Waals surface area contributed by atoms with Gasteiger partial charge >= 0.3 is 10.1 Å². The Morgan fingerprint density at radius 2 is 1.89 bits per heavy atom. The Balaban J connectivity index is 1.31. The van der Waals surface area contributed by atoms with Crippen LogP contribution in [0.4, 0.5) is 0 Å². The number of rotatable bonds is 8. The van der Waals surface area contributed by atoms with E-state index in [0.717, 1.165) is 35.5 Å². The van der Waals surface area contributed by atoms with E-state index in [-0.39, 0.29) is 23.3 Å². The number of amides is 1. The van der Waals surface area contributed by atoms with E-state index in [9.17, 15) is 13.2 Å².